The van der Waals surface area contributed by atoms with Gasteiger partial charge in [0.15, 0.2) is 5.75 Å². The van der Waals surface area contributed by atoms with Gasteiger partial charge in [-0.1, -0.05) is 13.3 Å². The van der Waals surface area contributed by atoms with E-state index in [1.54, 1.807) is 24.5 Å². The molecule has 0 atom stereocenters. The van der Waals surface area contributed by atoms with E-state index in [1.165, 1.54) is 24.1 Å². The number of alkyl halides is 3. The molecule has 12 heteroatoms. The van der Waals surface area contributed by atoms with Gasteiger partial charge in [-0.15, -0.1) is 0 Å². The molecule has 0 bridgehead atoms. The lowest BCUT2D eigenvalue weighted by atomic mass is 10.1. The van der Waals surface area contributed by atoms with Crippen molar-refractivity contribution < 1.29 is 32.5 Å². The van der Waals surface area contributed by atoms with Crippen LogP contribution in [0.5, 0.6) is 17.5 Å². The largest absolute Gasteiger partial charge is 0.494 e. The number of halogens is 3. The van der Waals surface area contributed by atoms with Gasteiger partial charge in [-0.2, -0.15) is 18.3 Å². The molecule has 0 saturated heterocycles. The summed E-state index contributed by atoms with van der Waals surface area (Å²) in [4.78, 5) is 8.99. The molecule has 4 aromatic heterocycles. The van der Waals surface area contributed by atoms with Crippen LogP contribution in [0.3, 0.4) is 0 Å². The Bertz CT molecular complexity index is 1370. The van der Waals surface area contributed by atoms with Gasteiger partial charge in [0.25, 0.3) is 5.88 Å². The average molecular weight is 520 g/mol. The number of methoxy groups -OCH3 is 1. The molecule has 0 fully saturated rings. The highest BCUT2D eigenvalue weighted by atomic mass is 19.4. The molecule has 4 rings (SSSR count). The molecule has 0 radical (unpaired) electrons. The van der Waals surface area contributed by atoms with E-state index in [4.69, 9.17) is 14.2 Å². The molecule has 0 aliphatic heterocycles. The van der Waals surface area contributed by atoms with E-state index >= 15 is 0 Å². The number of hydrogen-bond acceptors (Lipinski definition) is 7. The van der Waals surface area contributed by atoms with Crippen LogP contribution in [0.1, 0.15) is 25.3 Å². The zero-order chi connectivity index (χ0) is 26.6. The quantitative estimate of drug-likeness (QED) is 0.277. The Labute approximate surface area is 211 Å². The molecule has 0 aliphatic carbocycles. The maximum atomic E-state index is 12.7. The van der Waals surface area contributed by atoms with Crippen LogP contribution >= 0.6 is 0 Å². The Balaban J connectivity index is 1.61. The molecule has 37 heavy (non-hydrogen) atoms. The van der Waals surface area contributed by atoms with Crippen LogP contribution in [0.25, 0.3) is 27.8 Å². The molecule has 0 amide bonds. The standard InChI is InChI=1S/C25H28F3N5O4/c1-4-5-6-36-7-8-37-21-10-17(11-29-23(21)35-3)19-9-16(2)22-20(31-19)14-33(24(22)34)18-12-30-32(13-18)15-25(26,27)28/h9-14,34H,4-8,15H2,1-3H3. The van der Waals surface area contributed by atoms with E-state index in [0.717, 1.165) is 23.1 Å². The second-order valence-corrected chi connectivity index (χ2v) is 8.46. The van der Waals surface area contributed by atoms with Crippen molar-refractivity contribution in [2.24, 2.45) is 0 Å². The molecular formula is C25H28F3N5O4. The minimum atomic E-state index is -4.41. The molecule has 0 saturated carbocycles. The highest BCUT2D eigenvalue weighted by Gasteiger charge is 2.28. The molecule has 0 spiro atoms. The lowest BCUT2D eigenvalue weighted by Crippen LogP contribution is -2.17. The average Bonchev–Trinajstić information content (AvgIpc) is 3.44. The highest BCUT2D eigenvalue weighted by Crippen LogP contribution is 2.35. The molecule has 4 aromatic rings. The van der Waals surface area contributed by atoms with Gasteiger partial charge >= 0.3 is 6.18 Å². The van der Waals surface area contributed by atoms with Crippen molar-refractivity contribution in [1.82, 2.24) is 24.3 Å². The molecule has 1 N–H and O–H groups in total. The van der Waals surface area contributed by atoms with Crippen LogP contribution in [-0.2, 0) is 11.3 Å². The van der Waals surface area contributed by atoms with Gasteiger partial charge in [-0.25, -0.2) is 9.97 Å². The SMILES string of the molecule is CCCCOCCOc1cc(-c2cc(C)c3c(O)n(-c4cnn(CC(F)(F)F)c4)cc3n2)cnc1OC. The topological polar surface area (TPSA) is 96.5 Å². The number of hydrogen-bond donors (Lipinski definition) is 1. The number of rotatable bonds is 11. The van der Waals surface area contributed by atoms with Gasteiger partial charge < -0.3 is 19.3 Å². The Morgan fingerprint density at radius 2 is 1.89 bits per heavy atom. The van der Waals surface area contributed by atoms with Gasteiger partial charge in [-0.05, 0) is 31.0 Å². The Hall–Kier alpha value is -3.80. The first kappa shape index (κ1) is 26.3. The van der Waals surface area contributed by atoms with Crippen LogP contribution in [0.2, 0.25) is 0 Å². The number of pyridine rings is 2. The van der Waals surface area contributed by atoms with Crippen molar-refractivity contribution in [2.75, 3.05) is 26.9 Å². The Kier molecular flexibility index (Phi) is 7.86. The highest BCUT2D eigenvalue weighted by molar-refractivity contribution is 5.90. The van der Waals surface area contributed by atoms with E-state index in [0.29, 0.717) is 53.6 Å². The number of unbranched alkanes of at least 4 members (excludes halogenated alkanes) is 1. The van der Waals surface area contributed by atoms with Crippen LogP contribution < -0.4 is 9.47 Å². The summed E-state index contributed by atoms with van der Waals surface area (Å²) in [5, 5.41) is 15.0. The molecular weight excluding hydrogens is 491 g/mol. The van der Waals surface area contributed by atoms with Crippen molar-refractivity contribution in [1.29, 1.82) is 0 Å². The fourth-order valence-electron chi connectivity index (χ4n) is 3.87. The van der Waals surface area contributed by atoms with E-state index in [1.807, 2.05) is 6.92 Å². The smallest absolute Gasteiger partial charge is 0.408 e. The van der Waals surface area contributed by atoms with E-state index in [9.17, 15) is 18.3 Å². The number of ether oxygens (including phenoxy) is 3. The number of fused-ring (bicyclic) bond motifs is 1. The Morgan fingerprint density at radius 1 is 1.08 bits per heavy atom. The van der Waals surface area contributed by atoms with Gasteiger partial charge in [0, 0.05) is 30.8 Å². The summed E-state index contributed by atoms with van der Waals surface area (Å²) in [7, 11) is 1.50. The third-order valence-electron chi connectivity index (χ3n) is 5.62. The molecule has 0 unspecified atom stereocenters. The maximum Gasteiger partial charge on any atom is 0.408 e. The predicted octanol–water partition coefficient (Wildman–Crippen LogP) is 5.06. The van der Waals surface area contributed by atoms with E-state index in [2.05, 4.69) is 22.0 Å². The number of nitrogens with zero attached hydrogens (tertiary/aromatic N) is 5. The molecule has 4 heterocycles. The molecule has 9 nitrogen and oxygen atoms in total. The minimum Gasteiger partial charge on any atom is -0.494 e. The predicted molar refractivity (Wildman–Crippen MR) is 130 cm³/mol. The van der Waals surface area contributed by atoms with E-state index < -0.39 is 12.7 Å². The molecule has 0 aliphatic rings. The summed E-state index contributed by atoms with van der Waals surface area (Å²) in [6, 6.07) is 3.56. The lowest BCUT2D eigenvalue weighted by molar-refractivity contribution is -0.142. The Morgan fingerprint density at radius 3 is 2.62 bits per heavy atom. The third kappa shape index (κ3) is 6.13. The lowest BCUT2D eigenvalue weighted by Gasteiger charge is -2.12. The fraction of sp³-hybridized carbons (Fsp3) is 0.400. The van der Waals surface area contributed by atoms with Crippen LogP contribution in [-0.4, -0.2) is 62.5 Å². The van der Waals surface area contributed by atoms with Crippen molar-refractivity contribution >= 4 is 10.9 Å². The van der Waals surface area contributed by atoms with E-state index in [-0.39, 0.29) is 11.6 Å². The number of aromatic hydroxyl groups is 1. The van der Waals surface area contributed by atoms with Gasteiger partial charge in [0.1, 0.15) is 13.2 Å². The summed E-state index contributed by atoms with van der Waals surface area (Å²) in [5.74, 6) is 0.629. The minimum absolute atomic E-state index is 0.141. The first-order chi connectivity index (χ1) is 17.7. The van der Waals surface area contributed by atoms with Gasteiger partial charge in [0.2, 0.25) is 5.88 Å². The third-order valence-corrected chi connectivity index (χ3v) is 5.62. The van der Waals surface area contributed by atoms with Gasteiger partial charge in [0.05, 0.1) is 42.2 Å². The molecule has 0 aromatic carbocycles. The zero-order valence-electron chi connectivity index (χ0n) is 20.7. The van der Waals surface area contributed by atoms with Crippen LogP contribution in [0, 0.1) is 6.92 Å². The van der Waals surface area contributed by atoms with Crippen molar-refractivity contribution in [3.8, 4) is 34.5 Å². The zero-order valence-corrected chi connectivity index (χ0v) is 20.7. The monoisotopic (exact) mass is 519 g/mol. The summed E-state index contributed by atoms with van der Waals surface area (Å²) < 4.78 is 56.9. The maximum absolute atomic E-state index is 12.7. The second-order valence-electron chi connectivity index (χ2n) is 8.46. The van der Waals surface area contributed by atoms with Crippen molar-refractivity contribution in [3.63, 3.8) is 0 Å². The first-order valence-electron chi connectivity index (χ1n) is 11.8. The number of aryl methyl sites for hydroxylation is 1. The fourth-order valence-corrected chi connectivity index (χ4v) is 3.87. The normalized spacial score (nSPS) is 11.8. The van der Waals surface area contributed by atoms with Gasteiger partial charge in [-0.3, -0.25) is 9.25 Å². The molecule has 198 valence electrons. The van der Waals surface area contributed by atoms with Crippen molar-refractivity contribution in [2.45, 2.75) is 39.4 Å². The van der Waals surface area contributed by atoms with Crippen LogP contribution in [0.15, 0.2) is 36.9 Å². The number of aromatic nitrogens is 5. The van der Waals surface area contributed by atoms with Crippen molar-refractivity contribution in [3.05, 3.63) is 42.5 Å². The summed E-state index contributed by atoms with van der Waals surface area (Å²) in [6.45, 7) is 4.12. The second kappa shape index (κ2) is 11.1. The first-order valence-corrected chi connectivity index (χ1v) is 11.8. The summed E-state index contributed by atoms with van der Waals surface area (Å²) in [6.07, 6.45) is 3.26. The van der Waals surface area contributed by atoms with Crippen LogP contribution in [0.4, 0.5) is 13.2 Å². The summed E-state index contributed by atoms with van der Waals surface area (Å²) in [5.41, 5.74) is 2.70. The summed E-state index contributed by atoms with van der Waals surface area (Å²) >= 11 is 0.